The SMILES string of the molecule is CC(=S)c1ccc2c(c1)C(N1CCCC1=O)C(O)C(C)(C)O2. The highest BCUT2D eigenvalue weighted by molar-refractivity contribution is 7.80. The summed E-state index contributed by atoms with van der Waals surface area (Å²) in [5.74, 6) is 0.817. The number of fused-ring (bicyclic) bond motifs is 1. The van der Waals surface area contributed by atoms with Gasteiger partial charge in [0.25, 0.3) is 0 Å². The van der Waals surface area contributed by atoms with Gasteiger partial charge in [0, 0.05) is 23.4 Å². The number of carbonyl (C=O) groups is 1. The molecule has 1 aromatic carbocycles. The average molecular weight is 319 g/mol. The van der Waals surface area contributed by atoms with Crippen molar-refractivity contribution in [2.24, 2.45) is 0 Å². The van der Waals surface area contributed by atoms with E-state index in [4.69, 9.17) is 17.0 Å². The molecule has 22 heavy (non-hydrogen) atoms. The third-order valence-corrected chi connectivity index (χ3v) is 4.80. The number of thiocarbonyl (C=S) groups is 1. The molecule has 2 heterocycles. The Hall–Kier alpha value is -1.46. The van der Waals surface area contributed by atoms with Crippen molar-refractivity contribution < 1.29 is 14.6 Å². The molecule has 2 aliphatic rings. The molecule has 1 amide bonds. The number of rotatable bonds is 2. The van der Waals surface area contributed by atoms with Crippen molar-refractivity contribution >= 4 is 23.0 Å². The van der Waals surface area contributed by atoms with E-state index in [1.807, 2.05) is 39.0 Å². The van der Waals surface area contributed by atoms with Crippen LogP contribution in [0.4, 0.5) is 0 Å². The number of carbonyl (C=O) groups excluding carboxylic acids is 1. The van der Waals surface area contributed by atoms with E-state index in [-0.39, 0.29) is 11.9 Å². The standard InChI is InChI=1S/C17H21NO3S/c1-10(22)11-6-7-13-12(9-11)15(16(20)17(2,3)21-13)18-8-4-5-14(18)19/h6-7,9,15-16,20H,4-5,8H2,1-3H3. The maximum absolute atomic E-state index is 12.2. The number of hydrogen-bond donors (Lipinski definition) is 1. The molecule has 1 saturated heterocycles. The number of benzene rings is 1. The van der Waals surface area contributed by atoms with Crippen LogP contribution in [0.25, 0.3) is 0 Å². The fraction of sp³-hybridized carbons (Fsp3) is 0.529. The Bertz CT molecular complexity index is 641. The number of likely N-dealkylation sites (tertiary alicyclic amines) is 1. The van der Waals surface area contributed by atoms with Crippen LogP contribution >= 0.6 is 12.2 Å². The molecule has 3 rings (SSSR count). The first-order chi connectivity index (χ1) is 10.3. The van der Waals surface area contributed by atoms with Gasteiger partial charge in [0.15, 0.2) is 0 Å². The summed E-state index contributed by atoms with van der Waals surface area (Å²) in [6, 6.07) is 5.40. The molecular formula is C17H21NO3S. The Kier molecular flexibility index (Phi) is 3.73. The van der Waals surface area contributed by atoms with Crippen molar-refractivity contribution in [2.45, 2.75) is 51.4 Å². The average Bonchev–Trinajstić information content (AvgIpc) is 2.85. The van der Waals surface area contributed by atoms with E-state index >= 15 is 0 Å². The van der Waals surface area contributed by atoms with Crippen molar-refractivity contribution in [3.63, 3.8) is 0 Å². The van der Waals surface area contributed by atoms with E-state index in [0.717, 1.165) is 28.2 Å². The second-order valence-corrected chi connectivity index (χ2v) is 7.21. The monoisotopic (exact) mass is 319 g/mol. The predicted molar refractivity (Wildman–Crippen MR) is 88.2 cm³/mol. The fourth-order valence-electron chi connectivity index (χ4n) is 3.29. The summed E-state index contributed by atoms with van der Waals surface area (Å²) in [5, 5.41) is 10.8. The lowest BCUT2D eigenvalue weighted by Gasteiger charge is -2.45. The van der Waals surface area contributed by atoms with Gasteiger partial charge in [0.1, 0.15) is 17.5 Å². The zero-order valence-corrected chi connectivity index (χ0v) is 13.9. The van der Waals surface area contributed by atoms with Crippen LogP contribution in [0.5, 0.6) is 5.75 Å². The summed E-state index contributed by atoms with van der Waals surface area (Å²) in [5.41, 5.74) is 1.04. The number of aliphatic hydroxyl groups excluding tert-OH is 1. The van der Waals surface area contributed by atoms with Crippen LogP contribution in [0.3, 0.4) is 0 Å². The Morgan fingerprint density at radius 3 is 2.77 bits per heavy atom. The largest absolute Gasteiger partial charge is 0.485 e. The van der Waals surface area contributed by atoms with Crippen molar-refractivity contribution in [2.75, 3.05) is 6.54 Å². The van der Waals surface area contributed by atoms with Crippen LogP contribution in [0.1, 0.15) is 50.8 Å². The lowest BCUT2D eigenvalue weighted by atomic mass is 9.85. The molecule has 118 valence electrons. The molecule has 1 N–H and O–H groups in total. The molecule has 5 heteroatoms. The van der Waals surface area contributed by atoms with Gasteiger partial charge in [-0.05, 0) is 44.9 Å². The van der Waals surface area contributed by atoms with Gasteiger partial charge in [0.2, 0.25) is 5.91 Å². The van der Waals surface area contributed by atoms with Crippen LogP contribution < -0.4 is 4.74 Å². The Morgan fingerprint density at radius 2 is 2.18 bits per heavy atom. The van der Waals surface area contributed by atoms with Crippen molar-refractivity contribution in [3.05, 3.63) is 29.3 Å². The molecule has 1 aromatic rings. The van der Waals surface area contributed by atoms with Gasteiger partial charge in [0.05, 0.1) is 6.04 Å². The normalized spacial score (nSPS) is 26.5. The van der Waals surface area contributed by atoms with E-state index in [0.29, 0.717) is 13.0 Å². The zero-order valence-electron chi connectivity index (χ0n) is 13.1. The molecule has 0 saturated carbocycles. The summed E-state index contributed by atoms with van der Waals surface area (Å²) < 4.78 is 5.96. The molecule has 2 unspecified atom stereocenters. The third-order valence-electron chi connectivity index (χ3n) is 4.57. The van der Waals surface area contributed by atoms with Crippen LogP contribution in [0.15, 0.2) is 18.2 Å². The van der Waals surface area contributed by atoms with Crippen LogP contribution in [0.2, 0.25) is 0 Å². The highest BCUT2D eigenvalue weighted by atomic mass is 32.1. The van der Waals surface area contributed by atoms with Crippen molar-refractivity contribution in [3.8, 4) is 5.75 Å². The molecule has 4 nitrogen and oxygen atoms in total. The summed E-state index contributed by atoms with van der Waals surface area (Å²) in [6.45, 7) is 6.26. The van der Waals surface area contributed by atoms with Crippen molar-refractivity contribution in [1.82, 2.24) is 4.90 Å². The summed E-state index contributed by atoms with van der Waals surface area (Å²) in [6.07, 6.45) is 0.610. The molecule has 0 bridgehead atoms. The lowest BCUT2D eigenvalue weighted by Crippen LogP contribution is -2.53. The molecule has 1 fully saturated rings. The number of hydrogen-bond acceptors (Lipinski definition) is 4. The zero-order chi connectivity index (χ0) is 16.1. The van der Waals surface area contributed by atoms with E-state index in [2.05, 4.69) is 0 Å². The van der Waals surface area contributed by atoms with Gasteiger partial charge in [-0.2, -0.15) is 0 Å². The summed E-state index contributed by atoms with van der Waals surface area (Å²) in [4.78, 5) is 14.8. The lowest BCUT2D eigenvalue weighted by molar-refractivity contribution is -0.139. The molecule has 0 aliphatic carbocycles. The quantitative estimate of drug-likeness (QED) is 0.672. The second kappa shape index (κ2) is 5.32. The molecule has 0 spiro atoms. The van der Waals surface area contributed by atoms with Crippen LogP contribution in [-0.2, 0) is 4.79 Å². The van der Waals surface area contributed by atoms with Gasteiger partial charge < -0.3 is 14.7 Å². The maximum atomic E-state index is 12.2. The van der Waals surface area contributed by atoms with E-state index in [9.17, 15) is 9.90 Å². The topological polar surface area (TPSA) is 49.8 Å². The van der Waals surface area contributed by atoms with E-state index in [1.54, 1.807) is 4.90 Å². The maximum Gasteiger partial charge on any atom is 0.223 e. The first-order valence-electron chi connectivity index (χ1n) is 7.62. The first kappa shape index (κ1) is 15.4. The number of aliphatic hydroxyl groups is 1. The highest BCUT2D eigenvalue weighted by Gasteiger charge is 2.47. The minimum absolute atomic E-state index is 0.0946. The fourth-order valence-corrected chi connectivity index (χ4v) is 3.41. The molecule has 2 aliphatic heterocycles. The Labute approximate surface area is 136 Å². The molecular weight excluding hydrogens is 298 g/mol. The van der Waals surface area contributed by atoms with Crippen LogP contribution in [-0.4, -0.2) is 39.0 Å². The summed E-state index contributed by atoms with van der Waals surface area (Å²) >= 11 is 5.25. The van der Waals surface area contributed by atoms with Gasteiger partial charge in [-0.25, -0.2) is 0 Å². The van der Waals surface area contributed by atoms with Gasteiger partial charge in [-0.15, -0.1) is 0 Å². The number of ether oxygens (including phenoxy) is 1. The summed E-state index contributed by atoms with van der Waals surface area (Å²) in [7, 11) is 0. The molecule has 0 aromatic heterocycles. The molecule has 2 atom stereocenters. The minimum Gasteiger partial charge on any atom is -0.485 e. The Morgan fingerprint density at radius 1 is 1.45 bits per heavy atom. The first-order valence-corrected chi connectivity index (χ1v) is 8.03. The smallest absolute Gasteiger partial charge is 0.223 e. The van der Waals surface area contributed by atoms with Gasteiger partial charge in [-0.3, -0.25) is 4.79 Å². The number of amides is 1. The predicted octanol–water partition coefficient (Wildman–Crippen LogP) is 2.62. The van der Waals surface area contributed by atoms with Gasteiger partial charge >= 0.3 is 0 Å². The third kappa shape index (κ3) is 2.42. The Balaban J connectivity index is 2.12. The van der Waals surface area contributed by atoms with E-state index in [1.165, 1.54) is 0 Å². The second-order valence-electron chi connectivity index (χ2n) is 6.59. The number of nitrogens with zero attached hydrogens (tertiary/aromatic N) is 1. The highest BCUT2D eigenvalue weighted by Crippen LogP contribution is 2.44. The van der Waals surface area contributed by atoms with Crippen molar-refractivity contribution in [1.29, 1.82) is 0 Å². The van der Waals surface area contributed by atoms with Crippen LogP contribution in [0, 0.1) is 0 Å². The minimum atomic E-state index is -0.775. The van der Waals surface area contributed by atoms with Gasteiger partial charge in [-0.1, -0.05) is 18.3 Å². The van der Waals surface area contributed by atoms with E-state index < -0.39 is 11.7 Å². The molecule has 0 radical (unpaired) electrons.